The van der Waals surface area contributed by atoms with Crippen LogP contribution < -0.4 is 4.74 Å². The van der Waals surface area contributed by atoms with E-state index in [-0.39, 0.29) is 12.5 Å². The minimum atomic E-state index is -0.503. The van der Waals surface area contributed by atoms with Crippen LogP contribution in [0.3, 0.4) is 0 Å². The Morgan fingerprint density at radius 1 is 1.40 bits per heavy atom. The Morgan fingerprint density at radius 3 is 2.73 bits per heavy atom. The van der Waals surface area contributed by atoms with Crippen LogP contribution in [0.4, 0.5) is 4.39 Å². The third kappa shape index (κ3) is 3.51. The lowest BCUT2D eigenvalue weighted by molar-refractivity contribution is 0.126. The third-order valence-corrected chi connectivity index (χ3v) is 2.18. The molecule has 0 saturated carbocycles. The van der Waals surface area contributed by atoms with Gasteiger partial charge in [0.05, 0.1) is 6.10 Å². The summed E-state index contributed by atoms with van der Waals surface area (Å²) in [5.74, 6) is 0.756. The van der Waals surface area contributed by atoms with Gasteiger partial charge in [0.15, 0.2) is 0 Å². The smallest absolute Gasteiger partial charge is 0.123 e. The highest BCUT2D eigenvalue weighted by atomic mass is 18.2. The van der Waals surface area contributed by atoms with E-state index in [1.165, 1.54) is 0 Å². The topological polar surface area (TPSA) is 29.5 Å². The fourth-order valence-electron chi connectivity index (χ4n) is 1.33. The van der Waals surface area contributed by atoms with Gasteiger partial charge in [0.2, 0.25) is 0 Å². The van der Waals surface area contributed by atoms with Gasteiger partial charge >= 0.3 is 0 Å². The molecule has 1 unspecified atom stereocenters. The van der Waals surface area contributed by atoms with Crippen LogP contribution in [0.25, 0.3) is 0 Å². The Bertz CT molecular complexity index is 299. The first-order valence-corrected chi connectivity index (χ1v) is 5.12. The molecule has 0 radical (unpaired) electrons. The number of rotatable bonds is 5. The Morgan fingerprint density at radius 2 is 2.13 bits per heavy atom. The second kappa shape index (κ2) is 5.71. The maximum absolute atomic E-state index is 11.9. The summed E-state index contributed by atoms with van der Waals surface area (Å²) < 4.78 is 17.0. The fourth-order valence-corrected chi connectivity index (χ4v) is 1.33. The minimum Gasteiger partial charge on any atom is -0.491 e. The van der Waals surface area contributed by atoms with E-state index < -0.39 is 12.8 Å². The van der Waals surface area contributed by atoms with Crippen LogP contribution in [-0.2, 0) is 0 Å². The van der Waals surface area contributed by atoms with Crippen LogP contribution >= 0.6 is 0 Å². The van der Waals surface area contributed by atoms with E-state index in [4.69, 9.17) is 4.74 Å². The van der Waals surface area contributed by atoms with Gasteiger partial charge in [-0.15, -0.1) is 0 Å². The van der Waals surface area contributed by atoms with E-state index in [1.54, 1.807) is 18.2 Å². The molecule has 1 atom stereocenters. The first-order chi connectivity index (χ1) is 7.15. The zero-order valence-corrected chi connectivity index (χ0v) is 9.11. The van der Waals surface area contributed by atoms with Crippen molar-refractivity contribution in [3.63, 3.8) is 0 Å². The largest absolute Gasteiger partial charge is 0.491 e. The van der Waals surface area contributed by atoms with E-state index in [0.29, 0.717) is 5.75 Å². The zero-order chi connectivity index (χ0) is 11.3. The standard InChI is InChI=1S/C12H17FO2/c1-9(2)12(14)10-4-3-5-11(8-10)15-7-6-13/h3-5,8-9,12,14H,6-7H2,1-2H3/i13-1. The summed E-state index contributed by atoms with van der Waals surface area (Å²) in [5, 5.41) is 9.82. The Hall–Kier alpha value is -1.09. The molecule has 1 N–H and O–H groups in total. The summed E-state index contributed by atoms with van der Waals surface area (Å²) in [6.45, 7) is 3.44. The normalized spacial score (nSPS) is 12.9. The van der Waals surface area contributed by atoms with Crippen molar-refractivity contribution in [2.45, 2.75) is 20.0 Å². The van der Waals surface area contributed by atoms with E-state index in [0.717, 1.165) is 5.56 Å². The SMILES string of the molecule is CC(C)C(O)c1cccc(OCC[18F])c1. The number of alkyl halides is 1. The molecular weight excluding hydrogens is 194 g/mol. The van der Waals surface area contributed by atoms with Gasteiger partial charge in [-0.25, -0.2) is 4.39 Å². The molecule has 0 amide bonds. The summed E-state index contributed by atoms with van der Waals surface area (Å²) in [6, 6.07) is 7.15. The molecule has 15 heavy (non-hydrogen) atoms. The van der Waals surface area contributed by atoms with Gasteiger partial charge in [-0.2, -0.15) is 0 Å². The lowest BCUT2D eigenvalue weighted by Crippen LogP contribution is -2.06. The minimum absolute atomic E-state index is 0.0568. The van der Waals surface area contributed by atoms with Crippen LogP contribution in [0.1, 0.15) is 25.5 Å². The quantitative estimate of drug-likeness (QED) is 0.811. The Balaban J connectivity index is 2.73. The monoisotopic (exact) mass is 211 g/mol. The van der Waals surface area contributed by atoms with Gasteiger partial charge in [0, 0.05) is 0 Å². The lowest BCUT2D eigenvalue weighted by atomic mass is 9.99. The molecule has 1 aromatic carbocycles. The molecule has 0 bridgehead atoms. The van der Waals surface area contributed by atoms with Gasteiger partial charge in [-0.05, 0) is 23.6 Å². The van der Waals surface area contributed by atoms with Crippen LogP contribution in [0.15, 0.2) is 24.3 Å². The molecule has 2 nitrogen and oxygen atoms in total. The predicted molar refractivity (Wildman–Crippen MR) is 57.7 cm³/mol. The highest BCUT2D eigenvalue weighted by Crippen LogP contribution is 2.24. The number of hydrogen-bond donors (Lipinski definition) is 1. The van der Waals surface area contributed by atoms with E-state index in [9.17, 15) is 9.50 Å². The molecule has 0 aliphatic carbocycles. The molecule has 84 valence electrons. The molecule has 0 heterocycles. The maximum Gasteiger partial charge on any atom is 0.123 e. The van der Waals surface area contributed by atoms with Crippen LogP contribution in [0.2, 0.25) is 0 Å². The van der Waals surface area contributed by atoms with Crippen molar-refractivity contribution in [3.05, 3.63) is 29.8 Å². The fraction of sp³-hybridized carbons (Fsp3) is 0.500. The van der Waals surface area contributed by atoms with E-state index in [2.05, 4.69) is 0 Å². The second-order valence-corrected chi connectivity index (χ2v) is 3.80. The summed E-state index contributed by atoms with van der Waals surface area (Å²) in [7, 11) is 0. The van der Waals surface area contributed by atoms with Crippen LogP contribution in [-0.4, -0.2) is 18.4 Å². The molecular formula is C12H17FO2. The number of aliphatic hydroxyl groups excluding tert-OH is 1. The first kappa shape index (κ1) is 12.0. The number of benzene rings is 1. The number of ether oxygens (including phenoxy) is 1. The molecule has 0 saturated heterocycles. The zero-order valence-electron chi connectivity index (χ0n) is 9.11. The highest BCUT2D eigenvalue weighted by molar-refractivity contribution is 5.30. The predicted octanol–water partition coefficient (Wildman–Crippen LogP) is 2.72. The van der Waals surface area contributed by atoms with Crippen molar-refractivity contribution in [2.75, 3.05) is 13.3 Å². The summed E-state index contributed by atoms with van der Waals surface area (Å²) in [5.41, 5.74) is 0.807. The van der Waals surface area contributed by atoms with Gasteiger partial charge in [0.25, 0.3) is 0 Å². The Labute approximate surface area is 89.7 Å². The van der Waals surface area contributed by atoms with Gasteiger partial charge < -0.3 is 9.84 Å². The van der Waals surface area contributed by atoms with Crippen molar-refractivity contribution in [1.29, 1.82) is 0 Å². The number of hydrogen-bond acceptors (Lipinski definition) is 2. The average Bonchev–Trinajstić information content (AvgIpc) is 2.25. The summed E-state index contributed by atoms with van der Waals surface area (Å²) in [6.07, 6.45) is -0.501. The molecule has 0 aromatic heterocycles. The summed E-state index contributed by atoms with van der Waals surface area (Å²) in [4.78, 5) is 0. The van der Waals surface area contributed by atoms with Gasteiger partial charge in [0.1, 0.15) is 19.0 Å². The number of halogens is 1. The molecule has 0 spiro atoms. The second-order valence-electron chi connectivity index (χ2n) is 3.80. The molecule has 3 heteroatoms. The van der Waals surface area contributed by atoms with Gasteiger partial charge in [-0.1, -0.05) is 26.0 Å². The molecule has 1 rings (SSSR count). The van der Waals surface area contributed by atoms with Crippen LogP contribution in [0, 0.1) is 5.92 Å². The summed E-state index contributed by atoms with van der Waals surface area (Å²) >= 11 is 0. The molecule has 0 fully saturated rings. The first-order valence-electron chi connectivity index (χ1n) is 5.12. The average molecular weight is 211 g/mol. The maximum atomic E-state index is 11.9. The molecule has 1 aromatic rings. The van der Waals surface area contributed by atoms with Crippen LogP contribution in [0.5, 0.6) is 5.75 Å². The Kier molecular flexibility index (Phi) is 4.56. The van der Waals surface area contributed by atoms with Gasteiger partial charge in [-0.3, -0.25) is 0 Å². The molecule has 0 aliphatic rings. The van der Waals surface area contributed by atoms with Crippen molar-refractivity contribution in [1.82, 2.24) is 0 Å². The highest BCUT2D eigenvalue weighted by Gasteiger charge is 2.12. The van der Waals surface area contributed by atoms with Crippen molar-refractivity contribution >= 4 is 0 Å². The third-order valence-electron chi connectivity index (χ3n) is 2.18. The van der Waals surface area contributed by atoms with Crippen molar-refractivity contribution in [3.8, 4) is 5.75 Å². The van der Waals surface area contributed by atoms with E-state index >= 15 is 0 Å². The van der Waals surface area contributed by atoms with E-state index in [1.807, 2.05) is 19.9 Å². The number of aliphatic hydroxyl groups is 1. The lowest BCUT2D eigenvalue weighted by Gasteiger charge is -2.15. The molecule has 0 aliphatic heterocycles. The van der Waals surface area contributed by atoms with Crippen molar-refractivity contribution < 1.29 is 14.2 Å². The van der Waals surface area contributed by atoms with Crippen molar-refractivity contribution in [2.24, 2.45) is 5.92 Å².